The Morgan fingerprint density at radius 3 is 1.18 bits per heavy atom. The minimum Gasteiger partial charge on any atom is -0.208 e. The summed E-state index contributed by atoms with van der Waals surface area (Å²) in [6, 6.07) is 64.1. The Hall–Kier alpha value is -6.96. The predicted octanol–water partition coefficient (Wildman–Crippen LogP) is 11.4. The number of rotatable bonds is 7. The van der Waals surface area contributed by atoms with Gasteiger partial charge in [0.05, 0.1) is 11.6 Å². The predicted molar refractivity (Wildman–Crippen MR) is 203 cm³/mol. The van der Waals surface area contributed by atoms with Crippen molar-refractivity contribution < 1.29 is 0 Å². The molecule has 0 unspecified atom stereocenters. The van der Waals surface area contributed by atoms with Gasteiger partial charge in [0.2, 0.25) is 0 Å². The van der Waals surface area contributed by atoms with Crippen molar-refractivity contribution in [2.75, 3.05) is 0 Å². The molecule has 0 radical (unpaired) electrons. The van der Waals surface area contributed by atoms with Crippen LogP contribution in [0, 0.1) is 11.3 Å². The number of nitrogens with zero attached hydrogens (tertiary/aromatic N) is 4. The molecular formula is C46H30N4. The topological polar surface area (TPSA) is 62.5 Å². The van der Waals surface area contributed by atoms with E-state index < -0.39 is 0 Å². The molecule has 1 heterocycles. The molecule has 0 saturated carbocycles. The van der Waals surface area contributed by atoms with E-state index in [1.54, 1.807) is 12.1 Å². The fourth-order valence-electron chi connectivity index (χ4n) is 6.26. The lowest BCUT2D eigenvalue weighted by molar-refractivity contribution is 1.07. The van der Waals surface area contributed by atoms with E-state index in [9.17, 15) is 5.26 Å². The van der Waals surface area contributed by atoms with Gasteiger partial charge in [-0.05, 0) is 63.2 Å². The first kappa shape index (κ1) is 30.4. The SMILES string of the molecule is N#Cc1ccc(-c2nc(-c3ccc(-c4ccc(-c5ccccc5)cc4)cc3)nc(-c3cccc(-c4ccccc4)c3-c3ccccc3)n2)cc1. The van der Waals surface area contributed by atoms with Crippen molar-refractivity contribution in [3.8, 4) is 84.7 Å². The van der Waals surface area contributed by atoms with Crippen LogP contribution in [0.5, 0.6) is 0 Å². The Bertz CT molecular complexity index is 2430. The fourth-order valence-corrected chi connectivity index (χ4v) is 6.26. The highest BCUT2D eigenvalue weighted by atomic mass is 15.0. The van der Waals surface area contributed by atoms with Crippen LogP contribution in [-0.4, -0.2) is 15.0 Å². The van der Waals surface area contributed by atoms with E-state index in [1.165, 1.54) is 11.1 Å². The van der Waals surface area contributed by atoms with E-state index in [1.807, 2.05) is 30.3 Å². The third-order valence-electron chi connectivity index (χ3n) is 8.83. The average Bonchev–Trinajstić information content (AvgIpc) is 3.21. The summed E-state index contributed by atoms with van der Waals surface area (Å²) in [4.78, 5) is 15.2. The second-order valence-corrected chi connectivity index (χ2v) is 12.0. The maximum Gasteiger partial charge on any atom is 0.164 e. The minimum absolute atomic E-state index is 0.541. The van der Waals surface area contributed by atoms with E-state index >= 15 is 0 Å². The lowest BCUT2D eigenvalue weighted by Gasteiger charge is -2.16. The van der Waals surface area contributed by atoms with Gasteiger partial charge in [0, 0.05) is 22.3 Å². The number of hydrogen-bond donors (Lipinski definition) is 0. The van der Waals surface area contributed by atoms with Gasteiger partial charge >= 0.3 is 0 Å². The Morgan fingerprint density at radius 1 is 0.300 bits per heavy atom. The summed E-state index contributed by atoms with van der Waals surface area (Å²) in [7, 11) is 0. The summed E-state index contributed by atoms with van der Waals surface area (Å²) in [6.45, 7) is 0. The molecule has 4 nitrogen and oxygen atoms in total. The molecule has 0 aliphatic heterocycles. The van der Waals surface area contributed by atoms with Gasteiger partial charge in [0.15, 0.2) is 17.5 Å². The molecule has 0 saturated heterocycles. The van der Waals surface area contributed by atoms with Gasteiger partial charge in [0.25, 0.3) is 0 Å². The van der Waals surface area contributed by atoms with E-state index in [-0.39, 0.29) is 0 Å². The maximum absolute atomic E-state index is 9.42. The van der Waals surface area contributed by atoms with Crippen LogP contribution in [0.25, 0.3) is 78.7 Å². The van der Waals surface area contributed by atoms with Crippen molar-refractivity contribution in [3.63, 3.8) is 0 Å². The largest absolute Gasteiger partial charge is 0.208 e. The van der Waals surface area contributed by atoms with Crippen molar-refractivity contribution in [3.05, 3.63) is 188 Å². The summed E-state index contributed by atoms with van der Waals surface area (Å²) >= 11 is 0. The molecule has 0 atom stereocenters. The molecule has 7 aromatic carbocycles. The quantitative estimate of drug-likeness (QED) is 0.174. The molecule has 1 aromatic heterocycles. The first-order chi connectivity index (χ1) is 24.7. The molecular weight excluding hydrogens is 609 g/mol. The Labute approximate surface area is 291 Å². The lowest BCUT2D eigenvalue weighted by atomic mass is 9.90. The summed E-state index contributed by atoms with van der Waals surface area (Å²) in [5.41, 5.74) is 12.1. The maximum atomic E-state index is 9.42. The second kappa shape index (κ2) is 13.6. The summed E-state index contributed by atoms with van der Waals surface area (Å²) in [5.74, 6) is 1.69. The zero-order chi connectivity index (χ0) is 33.7. The van der Waals surface area contributed by atoms with Crippen molar-refractivity contribution in [1.82, 2.24) is 15.0 Å². The Kier molecular flexibility index (Phi) is 8.29. The molecule has 0 fully saturated rings. The lowest BCUT2D eigenvalue weighted by Crippen LogP contribution is -2.02. The molecule has 0 amide bonds. The Morgan fingerprint density at radius 2 is 0.680 bits per heavy atom. The number of hydrogen-bond acceptors (Lipinski definition) is 4. The van der Waals surface area contributed by atoms with Crippen LogP contribution in [0.4, 0.5) is 0 Å². The highest BCUT2D eigenvalue weighted by molar-refractivity contribution is 5.93. The van der Waals surface area contributed by atoms with Gasteiger partial charge in [-0.3, -0.25) is 0 Å². The summed E-state index contributed by atoms with van der Waals surface area (Å²) in [6.07, 6.45) is 0. The van der Waals surface area contributed by atoms with Gasteiger partial charge in [-0.2, -0.15) is 5.26 Å². The van der Waals surface area contributed by atoms with E-state index in [0.29, 0.717) is 23.0 Å². The Balaban J connectivity index is 1.25. The monoisotopic (exact) mass is 638 g/mol. The minimum atomic E-state index is 0.541. The highest BCUT2D eigenvalue weighted by Gasteiger charge is 2.19. The molecule has 0 aliphatic carbocycles. The van der Waals surface area contributed by atoms with Crippen LogP contribution in [0.15, 0.2) is 182 Å². The smallest absolute Gasteiger partial charge is 0.164 e. The van der Waals surface area contributed by atoms with Crippen LogP contribution < -0.4 is 0 Å². The molecule has 234 valence electrons. The molecule has 0 N–H and O–H groups in total. The van der Waals surface area contributed by atoms with Crippen LogP contribution in [0.2, 0.25) is 0 Å². The molecule has 8 aromatic rings. The zero-order valence-corrected chi connectivity index (χ0v) is 27.1. The molecule has 4 heteroatoms. The van der Waals surface area contributed by atoms with Gasteiger partial charge in [-0.25, -0.2) is 15.0 Å². The highest BCUT2D eigenvalue weighted by Crippen LogP contribution is 2.40. The van der Waals surface area contributed by atoms with Gasteiger partial charge < -0.3 is 0 Å². The van der Waals surface area contributed by atoms with Crippen molar-refractivity contribution in [1.29, 1.82) is 5.26 Å². The van der Waals surface area contributed by atoms with Crippen molar-refractivity contribution >= 4 is 0 Å². The first-order valence-electron chi connectivity index (χ1n) is 16.5. The molecule has 8 rings (SSSR count). The molecule has 0 spiro atoms. The van der Waals surface area contributed by atoms with E-state index in [2.05, 4.69) is 146 Å². The van der Waals surface area contributed by atoms with Gasteiger partial charge in [-0.1, -0.05) is 158 Å². The molecule has 0 aliphatic rings. The average molecular weight is 639 g/mol. The normalized spacial score (nSPS) is 10.8. The van der Waals surface area contributed by atoms with E-state index in [0.717, 1.165) is 50.1 Å². The van der Waals surface area contributed by atoms with Crippen LogP contribution in [-0.2, 0) is 0 Å². The zero-order valence-electron chi connectivity index (χ0n) is 27.1. The third-order valence-corrected chi connectivity index (χ3v) is 8.83. The summed E-state index contributed by atoms with van der Waals surface area (Å²) in [5, 5.41) is 9.42. The van der Waals surface area contributed by atoms with Crippen LogP contribution in [0.1, 0.15) is 5.56 Å². The first-order valence-corrected chi connectivity index (χ1v) is 16.5. The third kappa shape index (κ3) is 6.20. The standard InChI is InChI=1S/C46H30N4/c47-31-32-19-21-39(22-20-32)44-48-45(40-29-27-36(28-30-40)35-25-23-34(24-26-35)33-11-4-1-5-12-33)50-46(49-44)42-18-10-17-41(37-13-6-2-7-14-37)43(42)38-15-8-3-9-16-38/h1-30H. The fraction of sp³-hybridized carbons (Fsp3) is 0. The van der Waals surface area contributed by atoms with Gasteiger partial charge in [-0.15, -0.1) is 0 Å². The van der Waals surface area contributed by atoms with Crippen LogP contribution in [0.3, 0.4) is 0 Å². The van der Waals surface area contributed by atoms with Gasteiger partial charge in [0.1, 0.15) is 0 Å². The second-order valence-electron chi connectivity index (χ2n) is 12.0. The van der Waals surface area contributed by atoms with Crippen molar-refractivity contribution in [2.24, 2.45) is 0 Å². The van der Waals surface area contributed by atoms with Crippen LogP contribution >= 0.6 is 0 Å². The van der Waals surface area contributed by atoms with Crippen molar-refractivity contribution in [2.45, 2.75) is 0 Å². The molecule has 50 heavy (non-hydrogen) atoms. The number of aromatic nitrogens is 3. The summed E-state index contributed by atoms with van der Waals surface area (Å²) < 4.78 is 0. The number of nitriles is 1. The number of benzene rings is 7. The molecule has 0 bridgehead atoms. The van der Waals surface area contributed by atoms with E-state index in [4.69, 9.17) is 15.0 Å².